The quantitative estimate of drug-likeness (QED) is 0.574. The van der Waals surface area contributed by atoms with Crippen molar-refractivity contribution in [2.75, 3.05) is 13.2 Å². The molecule has 0 aromatic carbocycles. The van der Waals surface area contributed by atoms with Gasteiger partial charge in [0.25, 0.3) is 0 Å². The summed E-state index contributed by atoms with van der Waals surface area (Å²) in [5, 5.41) is 0. The summed E-state index contributed by atoms with van der Waals surface area (Å²) in [7, 11) is -5.31. The molecular weight excluding hydrogens is 192 g/mol. The average molecular weight is 208 g/mol. The van der Waals surface area contributed by atoms with Crippen LogP contribution in [0, 0.1) is 0 Å². The van der Waals surface area contributed by atoms with Gasteiger partial charge in [-0.05, 0) is 0 Å². The molecule has 4 rings (SSSR count). The fourth-order valence-electron chi connectivity index (χ4n) is 5.04. The van der Waals surface area contributed by atoms with E-state index in [0.29, 0.717) is 13.2 Å². The Morgan fingerprint density at radius 2 is 1.08 bits per heavy atom. The summed E-state index contributed by atoms with van der Waals surface area (Å²) in [6.45, 7) is 1.15. The third kappa shape index (κ3) is 0.224. The van der Waals surface area contributed by atoms with Gasteiger partial charge in [0, 0.05) is 0 Å². The molecule has 0 unspecified atom stereocenters. The maximum absolute atomic E-state index is 13.8. The van der Waals surface area contributed by atoms with Crippen LogP contribution < -0.4 is 0 Å². The van der Waals surface area contributed by atoms with Crippen molar-refractivity contribution in [1.29, 1.82) is 0 Å². The minimum atomic E-state index is -5.31. The van der Waals surface area contributed by atoms with Gasteiger partial charge in [0.2, 0.25) is 0 Å². The summed E-state index contributed by atoms with van der Waals surface area (Å²) in [5.74, 6) is 0. The van der Waals surface area contributed by atoms with Crippen molar-refractivity contribution in [3.8, 4) is 0 Å². The van der Waals surface area contributed by atoms with Gasteiger partial charge in [-0.15, -0.1) is 0 Å². The predicted octanol–water partition coefficient (Wildman–Crippen LogP) is 2.59. The number of hydrogen-bond acceptors (Lipinski definition) is 3. The van der Waals surface area contributed by atoms with E-state index in [1.54, 1.807) is 0 Å². The van der Waals surface area contributed by atoms with E-state index >= 15 is 0 Å². The van der Waals surface area contributed by atoms with Crippen molar-refractivity contribution >= 4 is 0 Å². The Morgan fingerprint density at radius 3 is 1.25 bits per heavy atom. The first-order valence-corrected chi connectivity index (χ1v) is 13.8. The Balaban J connectivity index is 2.48. The number of hydrogen-bond donors (Lipinski definition) is 0. The molecule has 4 aliphatic heterocycles. The molecule has 4 heterocycles. The SMILES string of the molecule is [O]=[Ti]1234([CH2][CH2]1)([CH2][CH2]2)([CH2][CH2]3)[O]CC[O]4. The summed E-state index contributed by atoms with van der Waals surface area (Å²) in [6, 6.07) is 0. The van der Waals surface area contributed by atoms with E-state index < -0.39 is 10.9 Å². The second-order valence-electron chi connectivity index (χ2n) is 8.79. The Morgan fingerprint density at radius 1 is 0.750 bits per heavy atom. The first-order chi connectivity index (χ1) is 5.22. The molecule has 4 saturated heterocycles. The molecule has 3 nitrogen and oxygen atoms in total. The van der Waals surface area contributed by atoms with Crippen LogP contribution in [0.15, 0.2) is 0 Å². The van der Waals surface area contributed by atoms with Crippen LogP contribution in [0.1, 0.15) is 0 Å². The van der Waals surface area contributed by atoms with Gasteiger partial charge < -0.3 is 0 Å². The van der Waals surface area contributed by atoms with Crippen molar-refractivity contribution in [3.05, 3.63) is 0 Å². The second-order valence-corrected chi connectivity index (χ2v) is 35.0. The van der Waals surface area contributed by atoms with Crippen LogP contribution in [0.3, 0.4) is 0 Å². The topological polar surface area (TPSA) is 35.5 Å². The molecule has 0 radical (unpaired) electrons. The van der Waals surface area contributed by atoms with E-state index in [2.05, 4.69) is 0 Å². The minimum absolute atomic E-state index is 0.576. The summed E-state index contributed by atoms with van der Waals surface area (Å²) < 4.78 is 30.4. The zero-order valence-electron chi connectivity index (χ0n) is 7.38. The van der Waals surface area contributed by atoms with Crippen LogP contribution in [-0.2, 0) is 20.9 Å². The van der Waals surface area contributed by atoms with Gasteiger partial charge in [-0.2, -0.15) is 0 Å². The first-order valence-electron chi connectivity index (χ1n) is 5.31. The van der Waals surface area contributed by atoms with E-state index in [9.17, 15) is 3.32 Å². The van der Waals surface area contributed by atoms with Gasteiger partial charge in [0.1, 0.15) is 0 Å². The molecule has 0 N–H and O–H groups in total. The van der Waals surface area contributed by atoms with E-state index in [0.717, 1.165) is 28.4 Å². The molecule has 12 heavy (non-hydrogen) atoms. The van der Waals surface area contributed by atoms with Gasteiger partial charge in [0.15, 0.2) is 0 Å². The van der Waals surface area contributed by atoms with Gasteiger partial charge >= 0.3 is 62.5 Å². The molecule has 0 bridgehead atoms. The monoisotopic (exact) mass is 208 g/mol. The van der Waals surface area contributed by atoms with Gasteiger partial charge in [0.05, 0.1) is 0 Å². The van der Waals surface area contributed by atoms with Crippen molar-refractivity contribution in [1.82, 2.24) is 0 Å². The zero-order valence-corrected chi connectivity index (χ0v) is 8.94. The summed E-state index contributed by atoms with van der Waals surface area (Å²) >= 11 is 0. The van der Waals surface area contributed by atoms with Crippen LogP contribution in [0.5, 0.6) is 0 Å². The van der Waals surface area contributed by atoms with Gasteiger partial charge in [-0.3, -0.25) is 0 Å². The van der Waals surface area contributed by atoms with Crippen molar-refractivity contribution in [2.45, 2.75) is 28.4 Å². The van der Waals surface area contributed by atoms with E-state index in [-0.39, 0.29) is 0 Å². The van der Waals surface area contributed by atoms with Gasteiger partial charge in [-0.25, -0.2) is 0 Å². The van der Waals surface area contributed by atoms with E-state index in [4.69, 9.17) is 6.64 Å². The van der Waals surface area contributed by atoms with Gasteiger partial charge in [-0.1, -0.05) is 0 Å². The molecule has 4 heteroatoms. The fraction of sp³-hybridized carbons (Fsp3) is 1.00. The molecule has 1 spiro atoms. The van der Waals surface area contributed by atoms with Crippen molar-refractivity contribution < 1.29 is 20.9 Å². The normalized spacial score (nSPS) is 74.2. The molecule has 0 amide bonds. The molecule has 0 aromatic heterocycles. The summed E-state index contributed by atoms with van der Waals surface area (Å²) in [4.78, 5) is 0. The molecule has 0 saturated carbocycles. The molecule has 0 aromatic rings. The standard InChI is InChI=1S/C2H4O2.3C2H4.O.Ti/c3-1-2-4;3*1-2;;/h1-2H2;3*1-2H2;;/q-2;;;;;+2. The van der Waals surface area contributed by atoms with E-state index in [1.807, 2.05) is 0 Å². The first kappa shape index (κ1) is 6.82. The molecule has 4 fully saturated rings. The Labute approximate surface area is 62.7 Å². The third-order valence-electron chi connectivity index (χ3n) is 8.58. The second kappa shape index (κ2) is 0.577. The molecule has 0 atom stereocenters. The van der Waals surface area contributed by atoms with E-state index in [1.165, 1.54) is 0 Å². The summed E-state index contributed by atoms with van der Waals surface area (Å²) in [5.41, 5.74) is 0. The molecule has 70 valence electrons. The average Bonchev–Trinajstić information content (AvgIpc) is 2.93. The number of rotatable bonds is 0. The van der Waals surface area contributed by atoms with Crippen molar-refractivity contribution in [3.63, 3.8) is 0 Å². The fourth-order valence-corrected chi connectivity index (χ4v) is 40.4. The Kier molecular flexibility index (Phi) is 0.328. The third-order valence-corrected chi connectivity index (χ3v) is 35.1. The van der Waals surface area contributed by atoms with Crippen LogP contribution in [-0.4, -0.2) is 13.2 Å². The van der Waals surface area contributed by atoms with Crippen LogP contribution in [0.2, 0.25) is 28.4 Å². The summed E-state index contributed by atoms with van der Waals surface area (Å²) in [6.07, 6.45) is 0. The van der Waals surface area contributed by atoms with Crippen LogP contribution >= 0.6 is 0 Å². The predicted molar refractivity (Wildman–Crippen MR) is 41.4 cm³/mol. The molecule has 4 aliphatic rings. The molecular formula is C8H16O3Ti. The Hall–Kier alpha value is 0.434. The Bertz CT molecular complexity index is 478. The van der Waals surface area contributed by atoms with Crippen LogP contribution in [0.4, 0.5) is 0 Å². The molecule has 0 aliphatic carbocycles. The van der Waals surface area contributed by atoms with Crippen molar-refractivity contribution in [2.24, 2.45) is 0 Å². The van der Waals surface area contributed by atoms with Crippen LogP contribution in [0.25, 0.3) is 0 Å². The maximum atomic E-state index is 13.8. The zero-order chi connectivity index (χ0) is 8.40.